The summed E-state index contributed by atoms with van der Waals surface area (Å²) in [5.74, 6) is 0.170. The van der Waals surface area contributed by atoms with Crippen molar-refractivity contribution in [3.63, 3.8) is 0 Å². The van der Waals surface area contributed by atoms with E-state index in [0.717, 1.165) is 22.2 Å². The molecule has 8 nitrogen and oxygen atoms in total. The Labute approximate surface area is 299 Å². The maximum absolute atomic E-state index is 14.5. The van der Waals surface area contributed by atoms with Crippen LogP contribution in [0.15, 0.2) is 114 Å². The van der Waals surface area contributed by atoms with E-state index in [2.05, 4.69) is 55.0 Å². The largest absolute Gasteiger partial charge is 0.400 e. The third kappa shape index (κ3) is 7.74. The summed E-state index contributed by atoms with van der Waals surface area (Å²) in [6.07, 6.45) is 2.81. The van der Waals surface area contributed by atoms with Crippen LogP contribution < -0.4 is 20.2 Å². The van der Waals surface area contributed by atoms with Crippen molar-refractivity contribution in [2.75, 3.05) is 16.1 Å². The highest BCUT2D eigenvalue weighted by molar-refractivity contribution is 7.90. The Bertz CT molecular complexity index is 2040. The zero-order valence-electron chi connectivity index (χ0n) is 27.5. The molecule has 4 aromatic carbocycles. The molecule has 12 heteroatoms. The van der Waals surface area contributed by atoms with Crippen LogP contribution >= 0.6 is 23.2 Å². The standard InChI is InChI=1S/C37H35Cl2N4O4SSi/c1-37(2,3)22-32(47-49(28-15-7-5-8-16-28)29-17-9-6-10-18-29)25-13-11-14-27(21-25)43-34-26(23-40-35(41-34)48(4,45)46)24-42(36(43)44)33-30(38)19-12-20-31(33)39/h5-21,23,32H,22,24H2,1-4H3. The van der Waals surface area contributed by atoms with E-state index in [9.17, 15) is 13.2 Å². The lowest BCUT2D eigenvalue weighted by molar-refractivity contribution is 0.150. The monoisotopic (exact) mass is 729 g/mol. The molecule has 5 aromatic rings. The number of hydrogen-bond donors (Lipinski definition) is 0. The average Bonchev–Trinajstić information content (AvgIpc) is 3.06. The van der Waals surface area contributed by atoms with Crippen molar-refractivity contribution in [2.24, 2.45) is 5.41 Å². The van der Waals surface area contributed by atoms with Gasteiger partial charge in [-0.25, -0.2) is 23.1 Å². The Morgan fingerprint density at radius 2 is 1.47 bits per heavy atom. The molecule has 1 aliphatic heterocycles. The highest BCUT2D eigenvalue weighted by Crippen LogP contribution is 2.42. The fourth-order valence-electron chi connectivity index (χ4n) is 5.74. The molecule has 2 heterocycles. The predicted molar refractivity (Wildman–Crippen MR) is 198 cm³/mol. The molecule has 0 N–H and O–H groups in total. The summed E-state index contributed by atoms with van der Waals surface area (Å²) in [4.78, 5) is 25.9. The number of carbonyl (C=O) groups excluding carboxylic acids is 1. The van der Waals surface area contributed by atoms with Gasteiger partial charge in [0.25, 0.3) is 9.04 Å². The van der Waals surface area contributed by atoms with Crippen LogP contribution in [0, 0.1) is 5.41 Å². The smallest absolute Gasteiger partial charge is 0.335 e. The van der Waals surface area contributed by atoms with Gasteiger partial charge in [0.1, 0.15) is 0 Å². The zero-order valence-corrected chi connectivity index (χ0v) is 30.8. The van der Waals surface area contributed by atoms with E-state index in [1.54, 1.807) is 24.3 Å². The highest BCUT2D eigenvalue weighted by Gasteiger charge is 2.37. The molecule has 0 bridgehead atoms. The van der Waals surface area contributed by atoms with Crippen molar-refractivity contribution in [2.45, 2.75) is 45.0 Å². The maximum Gasteiger partial charge on any atom is 0.335 e. The van der Waals surface area contributed by atoms with Crippen LogP contribution in [0.4, 0.5) is 22.0 Å². The number of para-hydroxylation sites is 1. The lowest BCUT2D eigenvalue weighted by atomic mass is 9.87. The third-order valence-corrected chi connectivity index (χ3v) is 11.7. The van der Waals surface area contributed by atoms with E-state index in [-0.39, 0.29) is 29.0 Å². The van der Waals surface area contributed by atoms with Crippen molar-refractivity contribution in [1.82, 2.24) is 9.97 Å². The first-order chi connectivity index (χ1) is 23.3. The van der Waals surface area contributed by atoms with Gasteiger partial charge in [0.15, 0.2) is 5.82 Å². The number of fused-ring (bicyclic) bond motifs is 1. The predicted octanol–water partition coefficient (Wildman–Crippen LogP) is 7.77. The molecule has 0 saturated carbocycles. The van der Waals surface area contributed by atoms with Gasteiger partial charge in [-0.15, -0.1) is 0 Å². The summed E-state index contributed by atoms with van der Waals surface area (Å²) in [6, 6.07) is 32.6. The van der Waals surface area contributed by atoms with Crippen molar-refractivity contribution in [1.29, 1.82) is 0 Å². The van der Waals surface area contributed by atoms with Crippen LogP contribution in [0.2, 0.25) is 10.0 Å². The molecule has 6 rings (SSSR count). The van der Waals surface area contributed by atoms with Crippen molar-refractivity contribution >= 4 is 75.7 Å². The SMILES string of the molecule is CC(C)(C)CC(O[Si](c1ccccc1)c1ccccc1)c1cccc(N2C(=O)N(c3c(Cl)cccc3Cl)Cc3cnc(S(C)(=O)=O)nc32)c1. The molecular formula is C37H35Cl2N4O4SSi. The van der Waals surface area contributed by atoms with Gasteiger partial charge in [-0.3, -0.25) is 4.90 Å². The minimum Gasteiger partial charge on any atom is -0.400 e. The van der Waals surface area contributed by atoms with Gasteiger partial charge in [0.05, 0.1) is 34.1 Å². The Morgan fingerprint density at radius 3 is 2.04 bits per heavy atom. The molecule has 49 heavy (non-hydrogen) atoms. The van der Waals surface area contributed by atoms with Crippen LogP contribution in [-0.2, 0) is 20.8 Å². The lowest BCUT2D eigenvalue weighted by Crippen LogP contribution is -2.46. The van der Waals surface area contributed by atoms with Gasteiger partial charge in [0.2, 0.25) is 15.0 Å². The van der Waals surface area contributed by atoms with E-state index in [1.165, 1.54) is 16.0 Å². The second kappa shape index (κ2) is 14.0. The van der Waals surface area contributed by atoms with Crippen LogP contribution in [0.25, 0.3) is 0 Å². The second-order valence-corrected chi connectivity index (χ2v) is 17.8. The summed E-state index contributed by atoms with van der Waals surface area (Å²) in [5, 5.41) is 2.44. The van der Waals surface area contributed by atoms with Crippen molar-refractivity contribution in [3.05, 3.63) is 130 Å². The lowest BCUT2D eigenvalue weighted by Gasteiger charge is -2.37. The Hall–Kier alpha value is -4.06. The Balaban J connectivity index is 1.48. The molecule has 1 aromatic heterocycles. The third-order valence-electron chi connectivity index (χ3n) is 7.95. The molecule has 1 radical (unpaired) electrons. The Kier molecular flexibility index (Phi) is 9.97. The molecule has 251 valence electrons. The van der Waals surface area contributed by atoms with Crippen LogP contribution in [0.5, 0.6) is 0 Å². The van der Waals surface area contributed by atoms with E-state index in [0.29, 0.717) is 33.4 Å². The number of sulfone groups is 1. The number of urea groups is 1. The molecule has 0 aliphatic carbocycles. The van der Waals surface area contributed by atoms with Gasteiger partial charge in [0, 0.05) is 18.0 Å². The highest BCUT2D eigenvalue weighted by atomic mass is 35.5. The summed E-state index contributed by atoms with van der Waals surface area (Å²) in [5.41, 5.74) is 2.09. The normalized spacial score (nSPS) is 14.2. The fraction of sp³-hybridized carbons (Fsp3) is 0.216. The first-order valence-electron chi connectivity index (χ1n) is 15.7. The van der Waals surface area contributed by atoms with Crippen LogP contribution in [-0.4, -0.2) is 39.7 Å². The quantitative estimate of drug-likeness (QED) is 0.114. The number of benzene rings is 4. The molecule has 0 spiro atoms. The fourth-order valence-corrected chi connectivity index (χ4v) is 8.94. The summed E-state index contributed by atoms with van der Waals surface area (Å²) in [6.45, 7) is 6.55. The van der Waals surface area contributed by atoms with Gasteiger partial charge in [-0.05, 0) is 52.0 Å². The summed E-state index contributed by atoms with van der Waals surface area (Å²) in [7, 11) is -5.47. The van der Waals surface area contributed by atoms with Gasteiger partial charge in [-0.1, -0.05) is 123 Å². The number of nitrogens with zero attached hydrogens (tertiary/aromatic N) is 4. The number of anilines is 3. The van der Waals surface area contributed by atoms with E-state index in [1.807, 2.05) is 54.6 Å². The molecule has 1 unspecified atom stereocenters. The summed E-state index contributed by atoms with van der Waals surface area (Å²) >= 11 is 13.2. The number of carbonyl (C=O) groups is 1. The zero-order chi connectivity index (χ0) is 34.9. The molecule has 2 amide bonds. The summed E-state index contributed by atoms with van der Waals surface area (Å²) < 4.78 is 32.2. The van der Waals surface area contributed by atoms with E-state index in [4.69, 9.17) is 27.6 Å². The van der Waals surface area contributed by atoms with E-state index < -0.39 is 24.9 Å². The maximum atomic E-state index is 14.5. The van der Waals surface area contributed by atoms with Gasteiger partial charge in [-0.2, -0.15) is 4.98 Å². The minimum atomic E-state index is -3.78. The first-order valence-corrected chi connectivity index (χ1v) is 19.7. The molecule has 0 saturated heterocycles. The van der Waals surface area contributed by atoms with Gasteiger partial charge >= 0.3 is 6.03 Å². The van der Waals surface area contributed by atoms with Gasteiger partial charge < -0.3 is 4.43 Å². The number of halogens is 2. The average molecular weight is 731 g/mol. The number of aromatic nitrogens is 2. The second-order valence-electron chi connectivity index (χ2n) is 13.1. The van der Waals surface area contributed by atoms with Crippen molar-refractivity contribution in [3.8, 4) is 0 Å². The molecular weight excluding hydrogens is 695 g/mol. The minimum absolute atomic E-state index is 0.0353. The first kappa shape index (κ1) is 34.8. The molecule has 1 aliphatic rings. The van der Waals surface area contributed by atoms with Crippen LogP contribution in [0.1, 0.15) is 44.4 Å². The Morgan fingerprint density at radius 1 is 0.878 bits per heavy atom. The molecule has 1 atom stereocenters. The van der Waals surface area contributed by atoms with Crippen molar-refractivity contribution < 1.29 is 17.6 Å². The topological polar surface area (TPSA) is 92.7 Å². The number of hydrogen-bond acceptors (Lipinski definition) is 6. The van der Waals surface area contributed by atoms with E-state index >= 15 is 0 Å². The van der Waals surface area contributed by atoms with Crippen LogP contribution in [0.3, 0.4) is 0 Å². The number of amides is 2. The number of rotatable bonds is 9. The molecule has 0 fully saturated rings.